The third-order valence-corrected chi connectivity index (χ3v) is 4.94. The number of hydrogen-bond acceptors (Lipinski definition) is 3. The van der Waals surface area contributed by atoms with Crippen molar-refractivity contribution in [2.24, 2.45) is 5.92 Å². The van der Waals surface area contributed by atoms with Gasteiger partial charge in [-0.15, -0.1) is 0 Å². The molecule has 0 bridgehead atoms. The maximum atomic E-state index is 12.6. The van der Waals surface area contributed by atoms with E-state index in [1.165, 1.54) is 0 Å². The first kappa shape index (κ1) is 14.4. The van der Waals surface area contributed by atoms with Crippen LogP contribution in [0.2, 0.25) is 0 Å². The van der Waals surface area contributed by atoms with Crippen LogP contribution >= 0.6 is 0 Å². The van der Waals surface area contributed by atoms with E-state index in [9.17, 15) is 9.90 Å². The Kier molecular flexibility index (Phi) is 3.89. The SMILES string of the molecule is CC1CCC(CO)(NC(=O)C2COc3ccccc32)CC1. The molecule has 0 spiro atoms. The Balaban J connectivity index is 1.72. The van der Waals surface area contributed by atoms with Gasteiger partial charge < -0.3 is 15.2 Å². The molecule has 1 aromatic rings. The van der Waals surface area contributed by atoms with Crippen LogP contribution in [0.4, 0.5) is 0 Å². The van der Waals surface area contributed by atoms with E-state index in [4.69, 9.17) is 4.74 Å². The minimum Gasteiger partial charge on any atom is -0.492 e. The van der Waals surface area contributed by atoms with Crippen molar-refractivity contribution in [3.63, 3.8) is 0 Å². The molecule has 0 aromatic heterocycles. The molecular weight excluding hydrogens is 266 g/mol. The second-order valence-electron chi connectivity index (χ2n) is 6.51. The van der Waals surface area contributed by atoms with Crippen molar-refractivity contribution in [1.29, 1.82) is 0 Å². The van der Waals surface area contributed by atoms with Gasteiger partial charge in [0.2, 0.25) is 5.91 Å². The van der Waals surface area contributed by atoms with Gasteiger partial charge in [0.25, 0.3) is 0 Å². The molecule has 1 fully saturated rings. The van der Waals surface area contributed by atoms with Gasteiger partial charge in [0.1, 0.15) is 18.3 Å². The van der Waals surface area contributed by atoms with E-state index in [-0.39, 0.29) is 18.4 Å². The van der Waals surface area contributed by atoms with Crippen molar-refractivity contribution >= 4 is 5.91 Å². The molecule has 4 heteroatoms. The van der Waals surface area contributed by atoms with Gasteiger partial charge in [-0.05, 0) is 37.7 Å². The summed E-state index contributed by atoms with van der Waals surface area (Å²) >= 11 is 0. The van der Waals surface area contributed by atoms with Gasteiger partial charge in [-0.1, -0.05) is 25.1 Å². The van der Waals surface area contributed by atoms with E-state index < -0.39 is 5.54 Å². The Morgan fingerprint density at radius 3 is 2.81 bits per heavy atom. The molecule has 0 saturated heterocycles. The van der Waals surface area contributed by atoms with Gasteiger partial charge in [0.15, 0.2) is 0 Å². The fourth-order valence-electron chi connectivity index (χ4n) is 3.37. The topological polar surface area (TPSA) is 58.6 Å². The average Bonchev–Trinajstić information content (AvgIpc) is 2.94. The molecule has 3 rings (SSSR count). The Morgan fingerprint density at radius 1 is 1.38 bits per heavy atom. The molecule has 2 N–H and O–H groups in total. The number of nitrogens with one attached hydrogen (secondary N) is 1. The molecule has 1 heterocycles. The number of amides is 1. The highest BCUT2D eigenvalue weighted by molar-refractivity contribution is 5.86. The van der Waals surface area contributed by atoms with Gasteiger partial charge in [-0.2, -0.15) is 0 Å². The molecule has 4 nitrogen and oxygen atoms in total. The van der Waals surface area contributed by atoms with Crippen LogP contribution in [0.15, 0.2) is 24.3 Å². The van der Waals surface area contributed by atoms with Crippen LogP contribution in [0.3, 0.4) is 0 Å². The molecule has 1 aliphatic carbocycles. The Morgan fingerprint density at radius 2 is 2.10 bits per heavy atom. The van der Waals surface area contributed by atoms with Crippen molar-refractivity contribution in [3.8, 4) is 5.75 Å². The third-order valence-electron chi connectivity index (χ3n) is 4.94. The monoisotopic (exact) mass is 289 g/mol. The molecule has 2 aliphatic rings. The standard InChI is InChI=1S/C17H23NO3/c1-12-6-8-17(11-19,9-7-12)18-16(20)14-10-21-15-5-3-2-4-13(14)15/h2-5,12,14,19H,6-11H2,1H3,(H,18,20). The van der Waals surface area contributed by atoms with Crippen molar-refractivity contribution in [2.45, 2.75) is 44.1 Å². The number of para-hydroxylation sites is 1. The molecule has 1 aliphatic heterocycles. The zero-order valence-corrected chi connectivity index (χ0v) is 12.5. The molecule has 0 radical (unpaired) electrons. The maximum absolute atomic E-state index is 12.6. The van der Waals surface area contributed by atoms with Crippen LogP contribution in [0.5, 0.6) is 5.75 Å². The van der Waals surface area contributed by atoms with Gasteiger partial charge in [-0.3, -0.25) is 4.79 Å². The molecule has 114 valence electrons. The van der Waals surface area contributed by atoms with Crippen LogP contribution in [0.1, 0.15) is 44.1 Å². The summed E-state index contributed by atoms with van der Waals surface area (Å²) in [5, 5.41) is 12.9. The number of aliphatic hydroxyl groups excluding tert-OH is 1. The van der Waals surface area contributed by atoms with E-state index in [0.29, 0.717) is 12.5 Å². The predicted molar refractivity (Wildman–Crippen MR) is 80.3 cm³/mol. The fourth-order valence-corrected chi connectivity index (χ4v) is 3.37. The zero-order valence-electron chi connectivity index (χ0n) is 12.5. The number of fused-ring (bicyclic) bond motifs is 1. The van der Waals surface area contributed by atoms with Crippen LogP contribution in [-0.4, -0.2) is 29.8 Å². The summed E-state index contributed by atoms with van der Waals surface area (Å²) in [5.74, 6) is 1.19. The summed E-state index contributed by atoms with van der Waals surface area (Å²) in [7, 11) is 0. The van der Waals surface area contributed by atoms with Crippen molar-refractivity contribution in [2.75, 3.05) is 13.2 Å². The van der Waals surface area contributed by atoms with Gasteiger partial charge in [-0.25, -0.2) is 0 Å². The summed E-state index contributed by atoms with van der Waals surface area (Å²) in [5.41, 5.74) is 0.508. The van der Waals surface area contributed by atoms with Crippen LogP contribution in [-0.2, 0) is 4.79 Å². The number of carbonyl (C=O) groups is 1. The number of carbonyl (C=O) groups excluding carboxylic acids is 1. The molecule has 21 heavy (non-hydrogen) atoms. The summed E-state index contributed by atoms with van der Waals surface area (Å²) in [4.78, 5) is 12.6. The van der Waals surface area contributed by atoms with Crippen LogP contribution < -0.4 is 10.1 Å². The van der Waals surface area contributed by atoms with Crippen molar-refractivity contribution in [3.05, 3.63) is 29.8 Å². The van der Waals surface area contributed by atoms with Crippen LogP contribution in [0.25, 0.3) is 0 Å². The lowest BCUT2D eigenvalue weighted by atomic mass is 9.77. The predicted octanol–water partition coefficient (Wildman–Crippen LogP) is 2.22. The van der Waals surface area contributed by atoms with E-state index in [2.05, 4.69) is 12.2 Å². The number of hydrogen-bond donors (Lipinski definition) is 2. The van der Waals surface area contributed by atoms with Gasteiger partial charge in [0, 0.05) is 5.56 Å². The quantitative estimate of drug-likeness (QED) is 0.897. The second-order valence-corrected chi connectivity index (χ2v) is 6.51. The molecule has 1 unspecified atom stereocenters. The highest BCUT2D eigenvalue weighted by atomic mass is 16.5. The normalized spacial score (nSPS) is 31.3. The summed E-state index contributed by atoms with van der Waals surface area (Å²) < 4.78 is 5.58. The summed E-state index contributed by atoms with van der Waals surface area (Å²) in [6, 6.07) is 7.68. The number of ether oxygens (including phenoxy) is 1. The zero-order chi connectivity index (χ0) is 14.9. The molecule has 1 saturated carbocycles. The summed E-state index contributed by atoms with van der Waals surface area (Å²) in [6.07, 6.45) is 3.81. The minimum absolute atomic E-state index is 0.0146. The lowest BCUT2D eigenvalue weighted by molar-refractivity contribution is -0.126. The van der Waals surface area contributed by atoms with E-state index in [1.807, 2.05) is 24.3 Å². The minimum atomic E-state index is -0.443. The fraction of sp³-hybridized carbons (Fsp3) is 0.588. The Hall–Kier alpha value is -1.55. The Labute approximate surface area is 125 Å². The molecule has 1 aromatic carbocycles. The highest BCUT2D eigenvalue weighted by Crippen LogP contribution is 2.36. The van der Waals surface area contributed by atoms with E-state index >= 15 is 0 Å². The number of rotatable bonds is 3. The first-order chi connectivity index (χ1) is 10.1. The third kappa shape index (κ3) is 2.77. The van der Waals surface area contributed by atoms with Crippen molar-refractivity contribution < 1.29 is 14.6 Å². The average molecular weight is 289 g/mol. The van der Waals surface area contributed by atoms with Gasteiger partial charge in [0.05, 0.1) is 12.1 Å². The van der Waals surface area contributed by atoms with E-state index in [0.717, 1.165) is 37.0 Å². The van der Waals surface area contributed by atoms with Crippen molar-refractivity contribution in [1.82, 2.24) is 5.32 Å². The maximum Gasteiger partial charge on any atom is 0.231 e. The molecular formula is C17H23NO3. The van der Waals surface area contributed by atoms with E-state index in [1.54, 1.807) is 0 Å². The lowest BCUT2D eigenvalue weighted by Gasteiger charge is -2.39. The Bertz CT molecular complexity index is 521. The van der Waals surface area contributed by atoms with Gasteiger partial charge >= 0.3 is 0 Å². The first-order valence-electron chi connectivity index (χ1n) is 7.78. The largest absolute Gasteiger partial charge is 0.492 e. The second kappa shape index (κ2) is 5.68. The number of aliphatic hydroxyl groups is 1. The highest BCUT2D eigenvalue weighted by Gasteiger charge is 2.38. The number of benzene rings is 1. The first-order valence-corrected chi connectivity index (χ1v) is 7.78. The lowest BCUT2D eigenvalue weighted by Crippen LogP contribution is -2.54. The van der Waals surface area contributed by atoms with Crippen LogP contribution in [0, 0.1) is 5.92 Å². The molecule has 1 atom stereocenters. The molecule has 1 amide bonds. The smallest absolute Gasteiger partial charge is 0.231 e. The summed E-state index contributed by atoms with van der Waals surface area (Å²) in [6.45, 7) is 2.63.